The molecule has 0 saturated carbocycles. The Hall–Kier alpha value is -3.41. The molecule has 2 aromatic heterocycles. The van der Waals surface area contributed by atoms with E-state index in [9.17, 15) is 18.0 Å². The van der Waals surface area contributed by atoms with E-state index in [1.807, 2.05) is 11.5 Å². The molecule has 9 nitrogen and oxygen atoms in total. The number of hydrogen-bond acceptors (Lipinski definition) is 7. The van der Waals surface area contributed by atoms with Gasteiger partial charge in [0.2, 0.25) is 5.95 Å². The van der Waals surface area contributed by atoms with E-state index >= 15 is 0 Å². The van der Waals surface area contributed by atoms with Crippen LogP contribution in [0, 0.1) is 0 Å². The first-order valence-electron chi connectivity index (χ1n) is 8.64. The van der Waals surface area contributed by atoms with Gasteiger partial charge in [-0.05, 0) is 31.2 Å². The van der Waals surface area contributed by atoms with E-state index < -0.39 is 12.1 Å². The van der Waals surface area contributed by atoms with Gasteiger partial charge in [-0.2, -0.15) is 23.1 Å². The van der Waals surface area contributed by atoms with Crippen LogP contribution >= 0.6 is 0 Å². The van der Waals surface area contributed by atoms with Crippen LogP contribution in [0.3, 0.4) is 0 Å². The third kappa shape index (κ3) is 4.71. The minimum absolute atomic E-state index is 0.00581. The van der Waals surface area contributed by atoms with Crippen molar-refractivity contribution in [3.8, 4) is 0 Å². The SMILES string of the molecule is CCn1cnc2c(Nc3ccc(NC(=O)C(F)(F)F)cc3)nc(NCCO)nc21. The summed E-state index contributed by atoms with van der Waals surface area (Å²) in [4.78, 5) is 24.0. The molecule has 0 aliphatic heterocycles. The van der Waals surface area contributed by atoms with E-state index in [4.69, 9.17) is 5.11 Å². The predicted molar refractivity (Wildman–Crippen MR) is 101 cm³/mol. The van der Waals surface area contributed by atoms with Crippen molar-refractivity contribution in [1.82, 2.24) is 19.5 Å². The number of aryl methyl sites for hydroxylation is 1. The number of imidazole rings is 1. The molecule has 3 rings (SSSR count). The fourth-order valence-corrected chi connectivity index (χ4v) is 2.49. The first-order valence-corrected chi connectivity index (χ1v) is 8.64. The van der Waals surface area contributed by atoms with Gasteiger partial charge in [-0.15, -0.1) is 0 Å². The van der Waals surface area contributed by atoms with Crippen LogP contribution in [0.4, 0.5) is 36.3 Å². The number of halogens is 3. The second-order valence-electron chi connectivity index (χ2n) is 5.90. The summed E-state index contributed by atoms with van der Waals surface area (Å²) in [6.45, 7) is 2.74. The molecule has 12 heteroatoms. The maximum Gasteiger partial charge on any atom is 0.471 e. The molecule has 3 aromatic rings. The summed E-state index contributed by atoms with van der Waals surface area (Å²) < 4.78 is 38.8. The van der Waals surface area contributed by atoms with Crippen LogP contribution in [0.5, 0.6) is 0 Å². The highest BCUT2D eigenvalue weighted by Crippen LogP contribution is 2.25. The van der Waals surface area contributed by atoms with Gasteiger partial charge in [-0.3, -0.25) is 4.79 Å². The lowest BCUT2D eigenvalue weighted by Crippen LogP contribution is -2.29. The number of alkyl halides is 3. The number of anilines is 4. The number of carbonyl (C=O) groups excluding carboxylic acids is 1. The second-order valence-corrected chi connectivity index (χ2v) is 5.90. The van der Waals surface area contributed by atoms with Crippen LogP contribution in [0.2, 0.25) is 0 Å². The Balaban J connectivity index is 1.85. The molecular weight excluding hydrogens is 391 g/mol. The number of aromatic nitrogens is 4. The molecule has 1 aromatic carbocycles. The highest BCUT2D eigenvalue weighted by atomic mass is 19.4. The zero-order valence-corrected chi connectivity index (χ0v) is 15.3. The molecular formula is C17H18F3N7O2. The van der Waals surface area contributed by atoms with Crippen LogP contribution in [-0.2, 0) is 11.3 Å². The van der Waals surface area contributed by atoms with Crippen molar-refractivity contribution in [2.24, 2.45) is 0 Å². The van der Waals surface area contributed by atoms with Gasteiger partial charge in [0.15, 0.2) is 17.0 Å². The molecule has 4 N–H and O–H groups in total. The molecule has 2 heterocycles. The summed E-state index contributed by atoms with van der Waals surface area (Å²) in [7, 11) is 0. The number of benzene rings is 1. The number of aliphatic hydroxyl groups excluding tert-OH is 1. The van der Waals surface area contributed by atoms with E-state index in [0.717, 1.165) is 0 Å². The molecule has 0 saturated heterocycles. The third-order valence-corrected chi connectivity index (χ3v) is 3.86. The van der Waals surface area contributed by atoms with Gasteiger partial charge in [0.05, 0.1) is 12.9 Å². The highest BCUT2D eigenvalue weighted by molar-refractivity contribution is 5.95. The summed E-state index contributed by atoms with van der Waals surface area (Å²) in [6.07, 6.45) is -3.34. The number of nitrogens with zero attached hydrogens (tertiary/aromatic N) is 4. The molecule has 0 aliphatic carbocycles. The fourth-order valence-electron chi connectivity index (χ4n) is 2.49. The van der Waals surface area contributed by atoms with E-state index in [1.54, 1.807) is 11.6 Å². The summed E-state index contributed by atoms with van der Waals surface area (Å²) in [5.41, 5.74) is 1.62. The third-order valence-electron chi connectivity index (χ3n) is 3.86. The van der Waals surface area contributed by atoms with Crippen LogP contribution in [0.25, 0.3) is 11.2 Å². The van der Waals surface area contributed by atoms with Gasteiger partial charge >= 0.3 is 12.1 Å². The Bertz CT molecular complexity index is 1000. The van der Waals surface area contributed by atoms with Crippen LogP contribution in [-0.4, -0.2) is 49.9 Å². The van der Waals surface area contributed by atoms with Crippen molar-refractivity contribution in [2.45, 2.75) is 19.6 Å². The van der Waals surface area contributed by atoms with E-state index in [0.29, 0.717) is 35.2 Å². The zero-order valence-electron chi connectivity index (χ0n) is 15.3. The van der Waals surface area contributed by atoms with Crippen molar-refractivity contribution in [3.05, 3.63) is 30.6 Å². The summed E-state index contributed by atoms with van der Waals surface area (Å²) >= 11 is 0. The van der Waals surface area contributed by atoms with Gasteiger partial charge in [0.1, 0.15) is 0 Å². The number of carbonyl (C=O) groups is 1. The molecule has 154 valence electrons. The largest absolute Gasteiger partial charge is 0.471 e. The molecule has 0 bridgehead atoms. The lowest BCUT2D eigenvalue weighted by molar-refractivity contribution is -0.167. The summed E-state index contributed by atoms with van der Waals surface area (Å²) in [5, 5.41) is 16.7. The van der Waals surface area contributed by atoms with Gasteiger partial charge in [0.25, 0.3) is 0 Å². The van der Waals surface area contributed by atoms with Gasteiger partial charge in [-0.1, -0.05) is 0 Å². The molecule has 0 radical (unpaired) electrons. The van der Waals surface area contributed by atoms with Gasteiger partial charge in [-0.25, -0.2) is 4.98 Å². The van der Waals surface area contributed by atoms with E-state index in [2.05, 4.69) is 25.6 Å². The lowest BCUT2D eigenvalue weighted by atomic mass is 10.2. The molecule has 0 aliphatic rings. The number of amides is 1. The Morgan fingerprint density at radius 3 is 2.48 bits per heavy atom. The molecule has 0 spiro atoms. The second kappa shape index (κ2) is 8.31. The number of aliphatic hydroxyl groups is 1. The van der Waals surface area contributed by atoms with E-state index in [-0.39, 0.29) is 18.8 Å². The number of nitrogens with one attached hydrogen (secondary N) is 3. The average Bonchev–Trinajstić information content (AvgIpc) is 3.10. The van der Waals surface area contributed by atoms with E-state index in [1.165, 1.54) is 24.3 Å². The first-order chi connectivity index (χ1) is 13.8. The normalized spacial score (nSPS) is 11.5. The van der Waals surface area contributed by atoms with Crippen molar-refractivity contribution < 1.29 is 23.1 Å². The zero-order chi connectivity index (χ0) is 21.0. The Labute approximate surface area is 163 Å². The minimum Gasteiger partial charge on any atom is -0.395 e. The molecule has 29 heavy (non-hydrogen) atoms. The standard InChI is InChI=1S/C17H18F3N7O2/c1-2-27-9-22-12-13(25-16(21-7-8-28)26-14(12)27)23-10-3-5-11(6-4-10)24-15(29)17(18,19)20/h3-6,9,28H,2,7-8H2,1H3,(H,24,29)(H2,21,23,25,26). The predicted octanol–water partition coefficient (Wildman–Crippen LogP) is 2.49. The van der Waals surface area contributed by atoms with Gasteiger partial charge in [0, 0.05) is 24.5 Å². The molecule has 0 unspecified atom stereocenters. The quantitative estimate of drug-likeness (QED) is 0.474. The van der Waals surface area contributed by atoms with Crippen LogP contribution in [0.1, 0.15) is 6.92 Å². The minimum atomic E-state index is -4.96. The Morgan fingerprint density at radius 2 is 1.86 bits per heavy atom. The van der Waals surface area contributed by atoms with Crippen LogP contribution in [0.15, 0.2) is 30.6 Å². The number of hydrogen-bond donors (Lipinski definition) is 4. The average molecular weight is 409 g/mol. The fraction of sp³-hybridized carbons (Fsp3) is 0.294. The maximum atomic E-state index is 12.3. The smallest absolute Gasteiger partial charge is 0.395 e. The highest BCUT2D eigenvalue weighted by Gasteiger charge is 2.38. The van der Waals surface area contributed by atoms with Crippen LogP contribution < -0.4 is 16.0 Å². The van der Waals surface area contributed by atoms with Gasteiger partial charge < -0.3 is 25.6 Å². The summed E-state index contributed by atoms with van der Waals surface area (Å²) in [5.74, 6) is -1.37. The number of fused-ring (bicyclic) bond motifs is 1. The van der Waals surface area contributed by atoms with Crippen molar-refractivity contribution >= 4 is 40.2 Å². The van der Waals surface area contributed by atoms with Crippen molar-refractivity contribution in [2.75, 3.05) is 29.1 Å². The summed E-state index contributed by atoms with van der Waals surface area (Å²) in [6, 6.07) is 5.66. The topological polar surface area (TPSA) is 117 Å². The van der Waals surface area contributed by atoms with Crippen molar-refractivity contribution in [3.63, 3.8) is 0 Å². The monoisotopic (exact) mass is 409 g/mol. The molecule has 0 atom stereocenters. The first kappa shape index (κ1) is 20.3. The Kier molecular flexibility index (Phi) is 5.82. The Morgan fingerprint density at radius 1 is 1.17 bits per heavy atom. The number of rotatable bonds is 7. The molecule has 1 amide bonds. The lowest BCUT2D eigenvalue weighted by Gasteiger charge is -2.11. The van der Waals surface area contributed by atoms with Crippen molar-refractivity contribution in [1.29, 1.82) is 0 Å². The molecule has 0 fully saturated rings. The maximum absolute atomic E-state index is 12.3.